The first kappa shape index (κ1) is 17.9. The van der Waals surface area contributed by atoms with Crippen LogP contribution in [0.2, 0.25) is 0 Å². The molecule has 0 aromatic carbocycles. The van der Waals surface area contributed by atoms with Crippen molar-refractivity contribution in [3.63, 3.8) is 0 Å². The number of hydrogen-bond acceptors (Lipinski definition) is 5. The highest BCUT2D eigenvalue weighted by atomic mass is 16.5. The average molecular weight is 322 g/mol. The van der Waals surface area contributed by atoms with E-state index in [4.69, 9.17) is 4.52 Å². The van der Waals surface area contributed by atoms with Crippen LogP contribution in [-0.2, 0) is 10.3 Å². The van der Waals surface area contributed by atoms with Crippen molar-refractivity contribution in [2.24, 2.45) is 5.92 Å². The Kier molecular flexibility index (Phi) is 6.57. The van der Waals surface area contributed by atoms with E-state index in [0.717, 1.165) is 45.1 Å². The van der Waals surface area contributed by atoms with E-state index in [1.165, 1.54) is 6.42 Å². The smallest absolute Gasteiger partial charge is 0.233 e. The van der Waals surface area contributed by atoms with Gasteiger partial charge in [0.1, 0.15) is 0 Å². The normalized spacial score (nSPS) is 17.4. The molecule has 1 amide bonds. The third kappa shape index (κ3) is 5.30. The van der Waals surface area contributed by atoms with Crippen molar-refractivity contribution >= 4 is 5.91 Å². The van der Waals surface area contributed by atoms with E-state index in [9.17, 15) is 4.79 Å². The Morgan fingerprint density at radius 2 is 2.04 bits per heavy atom. The zero-order chi connectivity index (χ0) is 16.7. The minimum atomic E-state index is -0.314. The van der Waals surface area contributed by atoms with E-state index in [-0.39, 0.29) is 11.4 Å². The summed E-state index contributed by atoms with van der Waals surface area (Å²) in [6, 6.07) is 0. The summed E-state index contributed by atoms with van der Waals surface area (Å²) in [7, 11) is 0. The van der Waals surface area contributed by atoms with Gasteiger partial charge in [0.25, 0.3) is 0 Å². The van der Waals surface area contributed by atoms with Gasteiger partial charge in [-0.05, 0) is 31.6 Å². The first-order chi connectivity index (χ1) is 11.0. The maximum atomic E-state index is 12.1. The summed E-state index contributed by atoms with van der Waals surface area (Å²) in [6.07, 6.45) is 7.53. The highest BCUT2D eigenvalue weighted by Gasteiger charge is 2.38. The Hall–Kier alpha value is -1.43. The predicted molar refractivity (Wildman–Crippen MR) is 88.9 cm³/mol. The first-order valence-corrected chi connectivity index (χ1v) is 8.84. The first-order valence-electron chi connectivity index (χ1n) is 8.84. The van der Waals surface area contributed by atoms with E-state index >= 15 is 0 Å². The van der Waals surface area contributed by atoms with E-state index in [0.29, 0.717) is 24.2 Å². The lowest BCUT2D eigenvalue weighted by atomic mass is 9.81. The molecule has 0 unspecified atom stereocenters. The molecule has 0 radical (unpaired) electrons. The lowest BCUT2D eigenvalue weighted by Gasteiger charge is -2.35. The lowest BCUT2D eigenvalue weighted by Crippen LogP contribution is -2.49. The number of carbonyl (C=O) groups is 1. The minimum absolute atomic E-state index is 0.0407. The van der Waals surface area contributed by atoms with Gasteiger partial charge in [0.05, 0.1) is 12.1 Å². The summed E-state index contributed by atoms with van der Waals surface area (Å²) in [6.45, 7) is 7.24. The number of aryl methyl sites for hydroxylation is 1. The van der Waals surface area contributed by atoms with E-state index in [2.05, 4.69) is 34.6 Å². The van der Waals surface area contributed by atoms with E-state index in [1.807, 2.05) is 0 Å². The number of carbonyl (C=O) groups excluding carboxylic acids is 1. The Morgan fingerprint density at radius 1 is 1.30 bits per heavy atom. The topological polar surface area (TPSA) is 80.0 Å². The Balaban J connectivity index is 1.85. The number of nitrogens with one attached hydrogen (secondary N) is 2. The highest BCUT2D eigenvalue weighted by molar-refractivity contribution is 5.78. The van der Waals surface area contributed by atoms with Gasteiger partial charge in [-0.3, -0.25) is 10.1 Å². The van der Waals surface area contributed by atoms with Gasteiger partial charge in [0, 0.05) is 13.5 Å². The van der Waals surface area contributed by atoms with Crippen molar-refractivity contribution in [3.8, 4) is 0 Å². The van der Waals surface area contributed by atoms with Gasteiger partial charge in [-0.1, -0.05) is 38.3 Å². The fraction of sp³-hybridized carbons (Fsp3) is 0.824. The predicted octanol–water partition coefficient (Wildman–Crippen LogP) is 2.68. The van der Waals surface area contributed by atoms with Gasteiger partial charge in [0.2, 0.25) is 11.8 Å². The van der Waals surface area contributed by atoms with Crippen molar-refractivity contribution in [2.75, 3.05) is 13.1 Å². The molecule has 2 rings (SSSR count). The highest BCUT2D eigenvalue weighted by Crippen LogP contribution is 2.35. The molecule has 130 valence electrons. The SMILES string of the molecule is Cc1nc(C2(NCC(=O)NCCCC(C)C)CCCCC2)no1. The summed E-state index contributed by atoms with van der Waals surface area (Å²) in [5.74, 6) is 1.99. The molecule has 1 saturated carbocycles. The number of hydrogen-bond donors (Lipinski definition) is 2. The fourth-order valence-electron chi connectivity index (χ4n) is 3.18. The molecule has 1 aromatic rings. The Bertz CT molecular complexity index is 493. The molecule has 1 fully saturated rings. The second-order valence-electron chi connectivity index (χ2n) is 7.02. The second-order valence-corrected chi connectivity index (χ2v) is 7.02. The van der Waals surface area contributed by atoms with Crippen LogP contribution in [0.4, 0.5) is 0 Å². The van der Waals surface area contributed by atoms with Crippen LogP contribution < -0.4 is 10.6 Å². The van der Waals surface area contributed by atoms with Crippen LogP contribution in [0.15, 0.2) is 4.52 Å². The molecule has 0 atom stereocenters. The third-order valence-electron chi connectivity index (χ3n) is 4.53. The number of nitrogens with zero attached hydrogens (tertiary/aromatic N) is 2. The summed E-state index contributed by atoms with van der Waals surface area (Å²) in [5.41, 5.74) is -0.314. The van der Waals surface area contributed by atoms with Gasteiger partial charge >= 0.3 is 0 Å². The van der Waals surface area contributed by atoms with E-state index < -0.39 is 0 Å². The molecular weight excluding hydrogens is 292 g/mol. The van der Waals surface area contributed by atoms with Crippen LogP contribution in [0.25, 0.3) is 0 Å². The monoisotopic (exact) mass is 322 g/mol. The standard InChI is InChI=1S/C17H30N4O2/c1-13(2)8-7-11-18-15(22)12-19-17(9-5-4-6-10-17)16-20-14(3)23-21-16/h13,19H,4-12H2,1-3H3,(H,18,22). The lowest BCUT2D eigenvalue weighted by molar-refractivity contribution is -0.120. The van der Waals surface area contributed by atoms with Gasteiger partial charge in [-0.2, -0.15) is 4.98 Å². The molecule has 1 heterocycles. The molecule has 0 bridgehead atoms. The summed E-state index contributed by atoms with van der Waals surface area (Å²) in [5, 5.41) is 10.5. The molecule has 0 spiro atoms. The second kappa shape index (κ2) is 8.43. The van der Waals surface area contributed by atoms with Crippen LogP contribution in [-0.4, -0.2) is 29.1 Å². The quantitative estimate of drug-likeness (QED) is 0.719. The van der Waals surface area contributed by atoms with Gasteiger partial charge in [0.15, 0.2) is 5.82 Å². The molecule has 0 saturated heterocycles. The molecule has 1 aromatic heterocycles. The summed E-state index contributed by atoms with van der Waals surface area (Å²) < 4.78 is 5.15. The van der Waals surface area contributed by atoms with Crippen molar-refractivity contribution in [1.29, 1.82) is 0 Å². The number of aromatic nitrogens is 2. The average Bonchev–Trinajstić information content (AvgIpc) is 2.97. The van der Waals surface area contributed by atoms with Crippen molar-refractivity contribution in [3.05, 3.63) is 11.7 Å². The van der Waals surface area contributed by atoms with Crippen molar-refractivity contribution < 1.29 is 9.32 Å². The van der Waals surface area contributed by atoms with Crippen LogP contribution >= 0.6 is 0 Å². The molecule has 1 aliphatic rings. The molecule has 1 aliphatic carbocycles. The molecule has 6 nitrogen and oxygen atoms in total. The van der Waals surface area contributed by atoms with Gasteiger partial charge in [-0.25, -0.2) is 0 Å². The summed E-state index contributed by atoms with van der Waals surface area (Å²) >= 11 is 0. The molecule has 23 heavy (non-hydrogen) atoms. The Morgan fingerprint density at radius 3 is 2.65 bits per heavy atom. The van der Waals surface area contributed by atoms with E-state index in [1.54, 1.807) is 6.92 Å². The largest absolute Gasteiger partial charge is 0.355 e. The molecule has 6 heteroatoms. The van der Waals surface area contributed by atoms with Crippen LogP contribution in [0.5, 0.6) is 0 Å². The van der Waals surface area contributed by atoms with Gasteiger partial charge in [-0.15, -0.1) is 0 Å². The zero-order valence-electron chi connectivity index (χ0n) is 14.7. The maximum absolute atomic E-state index is 12.1. The summed E-state index contributed by atoms with van der Waals surface area (Å²) in [4.78, 5) is 16.5. The molecule has 2 N–H and O–H groups in total. The Labute approximate surface area is 138 Å². The number of amides is 1. The van der Waals surface area contributed by atoms with Gasteiger partial charge < -0.3 is 9.84 Å². The minimum Gasteiger partial charge on any atom is -0.355 e. The maximum Gasteiger partial charge on any atom is 0.233 e. The fourth-order valence-corrected chi connectivity index (χ4v) is 3.18. The third-order valence-corrected chi connectivity index (χ3v) is 4.53. The van der Waals surface area contributed by atoms with Crippen LogP contribution in [0.1, 0.15) is 70.5 Å². The molecule has 0 aliphatic heterocycles. The van der Waals surface area contributed by atoms with Crippen LogP contribution in [0.3, 0.4) is 0 Å². The number of rotatable bonds is 8. The van der Waals surface area contributed by atoms with Crippen LogP contribution in [0, 0.1) is 12.8 Å². The molecular formula is C17H30N4O2. The van der Waals surface area contributed by atoms with Crippen molar-refractivity contribution in [1.82, 2.24) is 20.8 Å². The zero-order valence-corrected chi connectivity index (χ0v) is 14.7. The van der Waals surface area contributed by atoms with Crippen molar-refractivity contribution in [2.45, 2.75) is 71.3 Å².